The van der Waals surface area contributed by atoms with Crippen molar-refractivity contribution < 1.29 is 45.4 Å². The lowest BCUT2D eigenvalue weighted by Gasteiger charge is -2.36. The van der Waals surface area contributed by atoms with E-state index < -0.39 is 73.4 Å². The van der Waals surface area contributed by atoms with Crippen LogP contribution in [0.5, 0.6) is 0 Å². The van der Waals surface area contributed by atoms with Crippen LogP contribution in [0.15, 0.2) is 29.2 Å². The van der Waals surface area contributed by atoms with E-state index in [1.807, 2.05) is 5.32 Å². The maximum absolute atomic E-state index is 14.3. The van der Waals surface area contributed by atoms with Crippen molar-refractivity contribution in [1.82, 2.24) is 4.31 Å². The quantitative estimate of drug-likeness (QED) is 0.449. The summed E-state index contributed by atoms with van der Waals surface area (Å²) in [6, 6.07) is 1.44. The van der Waals surface area contributed by atoms with Crippen LogP contribution in [0.1, 0.15) is 23.2 Å². The van der Waals surface area contributed by atoms with E-state index in [0.717, 1.165) is 4.31 Å². The number of sulfonamides is 1. The van der Waals surface area contributed by atoms with Crippen LogP contribution in [0.2, 0.25) is 0 Å². The highest BCUT2D eigenvalue weighted by Crippen LogP contribution is 2.29. The molecule has 32 heavy (non-hydrogen) atoms. The van der Waals surface area contributed by atoms with Crippen LogP contribution in [-0.2, 0) is 10.0 Å². The van der Waals surface area contributed by atoms with Crippen molar-refractivity contribution in [3.05, 3.63) is 58.9 Å². The third kappa shape index (κ3) is 4.60. The third-order valence-corrected chi connectivity index (χ3v) is 6.99. The molecule has 0 aromatic heterocycles. The number of aliphatic hydroxyl groups excluding tert-OH is 1. The number of hydrogen-bond donors (Lipinski definition) is 3. The Hall–Kier alpha value is -2.61. The lowest BCUT2D eigenvalue weighted by atomic mass is 9.94. The Bertz CT molecular complexity index is 1140. The van der Waals surface area contributed by atoms with Gasteiger partial charge in [-0.05, 0) is 18.9 Å². The van der Waals surface area contributed by atoms with Crippen LogP contribution in [0, 0.1) is 29.1 Å². The van der Waals surface area contributed by atoms with Crippen molar-refractivity contribution in [2.45, 2.75) is 23.3 Å². The van der Waals surface area contributed by atoms with Crippen molar-refractivity contribution in [1.29, 1.82) is 0 Å². The Balaban J connectivity index is 1.91. The van der Waals surface area contributed by atoms with Gasteiger partial charge in [-0.1, -0.05) is 0 Å². The first kappa shape index (κ1) is 24.0. The molecule has 7 nitrogen and oxygen atoms in total. The van der Waals surface area contributed by atoms with E-state index in [2.05, 4.69) is 0 Å². The molecule has 0 spiro atoms. The van der Waals surface area contributed by atoms with Gasteiger partial charge in [0.1, 0.15) is 16.5 Å². The van der Waals surface area contributed by atoms with Crippen LogP contribution >= 0.6 is 0 Å². The van der Waals surface area contributed by atoms with E-state index in [1.165, 1.54) is 0 Å². The summed E-state index contributed by atoms with van der Waals surface area (Å²) in [5, 5.41) is 21.1. The van der Waals surface area contributed by atoms with E-state index in [0.29, 0.717) is 18.2 Å². The number of nitrogens with zero attached hydrogens (tertiary/aromatic N) is 1. The molecule has 1 heterocycles. The van der Waals surface area contributed by atoms with Gasteiger partial charge in [-0.25, -0.2) is 30.4 Å². The maximum atomic E-state index is 14.3. The zero-order chi connectivity index (χ0) is 23.8. The van der Waals surface area contributed by atoms with Gasteiger partial charge in [0.2, 0.25) is 10.0 Å². The second-order valence-corrected chi connectivity index (χ2v) is 9.16. The summed E-state index contributed by atoms with van der Waals surface area (Å²) < 4.78 is 94.7. The van der Waals surface area contributed by atoms with E-state index in [1.54, 1.807) is 0 Å². The Kier molecular flexibility index (Phi) is 6.56. The van der Waals surface area contributed by atoms with Gasteiger partial charge in [0.25, 0.3) is 5.91 Å². The van der Waals surface area contributed by atoms with Crippen LogP contribution in [-0.4, -0.2) is 54.1 Å². The van der Waals surface area contributed by atoms with Gasteiger partial charge in [0.05, 0.1) is 17.8 Å². The average molecular weight is 480 g/mol. The fourth-order valence-corrected chi connectivity index (χ4v) is 4.68. The third-order valence-electron chi connectivity index (χ3n) is 5.07. The molecule has 0 aliphatic carbocycles. The molecule has 0 unspecified atom stereocenters. The summed E-state index contributed by atoms with van der Waals surface area (Å²) in [5.74, 6) is -9.35. The summed E-state index contributed by atoms with van der Waals surface area (Å²) >= 11 is 0. The first-order valence-electron chi connectivity index (χ1n) is 9.16. The molecule has 1 fully saturated rings. The number of hydrogen-bond acceptors (Lipinski definition) is 5. The van der Waals surface area contributed by atoms with Crippen molar-refractivity contribution in [2.75, 3.05) is 25.0 Å². The molecule has 2 aromatic carbocycles. The maximum Gasteiger partial charge on any atom is 0.258 e. The number of rotatable bonds is 5. The summed E-state index contributed by atoms with van der Waals surface area (Å²) in [6.07, 6.45) is -0.277. The predicted molar refractivity (Wildman–Crippen MR) is 101 cm³/mol. The summed E-state index contributed by atoms with van der Waals surface area (Å²) in [6.45, 7) is -1.14. The SMILES string of the molecule is O=C(Nc1cc(F)c(F)c(F)c1)c1cc(S(=O)(=O)N2CCC(O)(CO)CC2)c(F)cc1F. The Labute approximate surface area is 179 Å². The standard InChI is InChI=1S/C19H17F5N2O5S/c20-12-8-13(21)16(32(30,31)26-3-1-19(29,9-27)2-4-26)7-11(12)18(28)25-10-5-14(22)17(24)15(23)6-10/h5-8,27,29H,1-4,9H2,(H,25,28). The lowest BCUT2D eigenvalue weighted by Crippen LogP contribution is -2.48. The van der Waals surface area contributed by atoms with Crippen molar-refractivity contribution in [2.24, 2.45) is 0 Å². The normalized spacial score (nSPS) is 16.7. The van der Waals surface area contributed by atoms with Gasteiger partial charge in [-0.3, -0.25) is 4.79 Å². The number of carbonyl (C=O) groups excluding carboxylic acids is 1. The monoisotopic (exact) mass is 480 g/mol. The van der Waals surface area contributed by atoms with Gasteiger partial charge in [-0.15, -0.1) is 0 Å². The van der Waals surface area contributed by atoms with Crippen LogP contribution < -0.4 is 5.32 Å². The predicted octanol–water partition coefficient (Wildman–Crippen LogP) is 2.14. The molecule has 0 radical (unpaired) electrons. The molecule has 1 aliphatic rings. The van der Waals surface area contributed by atoms with Gasteiger partial charge in [0.15, 0.2) is 17.5 Å². The number of aliphatic hydroxyl groups is 2. The van der Waals surface area contributed by atoms with Crippen LogP contribution in [0.25, 0.3) is 0 Å². The van der Waals surface area contributed by atoms with E-state index in [-0.39, 0.29) is 32.0 Å². The number of piperidine rings is 1. The molecule has 1 amide bonds. The molecule has 13 heteroatoms. The first-order chi connectivity index (χ1) is 14.9. The molecule has 3 rings (SSSR count). The second-order valence-electron chi connectivity index (χ2n) is 7.26. The first-order valence-corrected chi connectivity index (χ1v) is 10.6. The number of amides is 1. The van der Waals surface area contributed by atoms with Gasteiger partial charge < -0.3 is 15.5 Å². The van der Waals surface area contributed by atoms with Gasteiger partial charge >= 0.3 is 0 Å². The van der Waals surface area contributed by atoms with E-state index in [9.17, 15) is 40.3 Å². The van der Waals surface area contributed by atoms with E-state index >= 15 is 0 Å². The molecule has 0 bridgehead atoms. The second kappa shape index (κ2) is 8.73. The van der Waals surface area contributed by atoms with E-state index in [4.69, 9.17) is 5.11 Å². The molecule has 0 saturated carbocycles. The molecule has 1 saturated heterocycles. The van der Waals surface area contributed by atoms with Crippen molar-refractivity contribution in [3.8, 4) is 0 Å². The average Bonchev–Trinajstić information content (AvgIpc) is 2.72. The van der Waals surface area contributed by atoms with Gasteiger partial charge in [-0.2, -0.15) is 4.31 Å². The summed E-state index contributed by atoms with van der Waals surface area (Å²) in [7, 11) is -4.57. The lowest BCUT2D eigenvalue weighted by molar-refractivity contribution is -0.0480. The van der Waals surface area contributed by atoms with Gasteiger partial charge in [0, 0.05) is 37.0 Å². The smallest absolute Gasteiger partial charge is 0.258 e. The minimum atomic E-state index is -4.57. The molecule has 0 atom stereocenters. The Morgan fingerprint density at radius 2 is 1.53 bits per heavy atom. The molecule has 174 valence electrons. The Morgan fingerprint density at radius 3 is 2.06 bits per heavy atom. The fraction of sp³-hybridized carbons (Fsp3) is 0.316. The largest absolute Gasteiger partial charge is 0.393 e. The number of benzene rings is 2. The number of carbonyl (C=O) groups is 1. The minimum Gasteiger partial charge on any atom is -0.393 e. The van der Waals surface area contributed by atoms with Crippen LogP contribution in [0.4, 0.5) is 27.6 Å². The Morgan fingerprint density at radius 1 is 0.969 bits per heavy atom. The number of nitrogens with one attached hydrogen (secondary N) is 1. The zero-order valence-electron chi connectivity index (χ0n) is 16.2. The molecule has 3 N–H and O–H groups in total. The highest BCUT2D eigenvalue weighted by molar-refractivity contribution is 7.89. The van der Waals surface area contributed by atoms with Crippen molar-refractivity contribution in [3.63, 3.8) is 0 Å². The topological polar surface area (TPSA) is 107 Å². The molecule has 1 aliphatic heterocycles. The molecule has 2 aromatic rings. The molecular weight excluding hydrogens is 463 g/mol. The zero-order valence-corrected chi connectivity index (χ0v) is 17.0. The number of anilines is 1. The highest BCUT2D eigenvalue weighted by Gasteiger charge is 2.38. The fourth-order valence-electron chi connectivity index (χ4n) is 3.17. The minimum absolute atomic E-state index is 0.138. The summed E-state index contributed by atoms with van der Waals surface area (Å²) in [4.78, 5) is 11.3. The van der Waals surface area contributed by atoms with Crippen molar-refractivity contribution >= 4 is 21.6 Å². The van der Waals surface area contributed by atoms with Crippen LogP contribution in [0.3, 0.4) is 0 Å². The summed E-state index contributed by atoms with van der Waals surface area (Å²) in [5.41, 5.74) is -3.02. The highest BCUT2D eigenvalue weighted by atomic mass is 32.2. The number of halogens is 5. The molecular formula is C19H17F5N2O5S.